The minimum atomic E-state index is 0.774. The Morgan fingerprint density at radius 2 is 1.90 bits per heavy atom. The lowest BCUT2D eigenvalue weighted by Crippen LogP contribution is -1.98. The van der Waals surface area contributed by atoms with Crippen LogP contribution in [-0.2, 0) is 12.8 Å². The van der Waals surface area contributed by atoms with Gasteiger partial charge in [-0.1, -0.05) is 12.1 Å². The summed E-state index contributed by atoms with van der Waals surface area (Å²) in [6.07, 6.45) is 7.27. The van der Waals surface area contributed by atoms with E-state index in [0.717, 1.165) is 27.8 Å². The molecule has 0 unspecified atom stereocenters. The second kappa shape index (κ2) is 4.77. The van der Waals surface area contributed by atoms with E-state index in [9.17, 15) is 0 Å². The van der Waals surface area contributed by atoms with E-state index in [1.54, 1.807) is 6.20 Å². The first kappa shape index (κ1) is 12.2. The van der Waals surface area contributed by atoms with Gasteiger partial charge >= 0.3 is 0 Å². The van der Waals surface area contributed by atoms with E-state index in [2.05, 4.69) is 28.5 Å². The van der Waals surface area contributed by atoms with Crippen LogP contribution in [0.1, 0.15) is 17.5 Å². The van der Waals surface area contributed by atoms with Crippen molar-refractivity contribution in [2.45, 2.75) is 19.3 Å². The number of aryl methyl sites for hydroxylation is 2. The number of aromatic nitrogens is 1. The number of benzene rings is 2. The lowest BCUT2D eigenvalue weighted by molar-refractivity contribution is 0.912. The van der Waals surface area contributed by atoms with Gasteiger partial charge in [0, 0.05) is 28.9 Å². The maximum Gasteiger partial charge on any atom is 0.0634 e. The third-order valence-corrected chi connectivity index (χ3v) is 4.24. The van der Waals surface area contributed by atoms with Gasteiger partial charge in [0.15, 0.2) is 0 Å². The third kappa shape index (κ3) is 2.11. The third-order valence-electron chi connectivity index (χ3n) is 4.24. The van der Waals surface area contributed by atoms with Gasteiger partial charge < -0.3 is 11.1 Å². The van der Waals surface area contributed by atoms with Crippen LogP contribution in [0.2, 0.25) is 0 Å². The Morgan fingerprint density at radius 1 is 1.00 bits per heavy atom. The van der Waals surface area contributed by atoms with Gasteiger partial charge in [0.25, 0.3) is 0 Å². The fraction of sp³-hybridized carbons (Fsp3) is 0.167. The molecular weight excluding hydrogens is 258 g/mol. The highest BCUT2D eigenvalue weighted by Crippen LogP contribution is 2.32. The number of nitrogens with one attached hydrogen (secondary N) is 1. The van der Waals surface area contributed by atoms with Crippen molar-refractivity contribution in [1.82, 2.24) is 4.98 Å². The van der Waals surface area contributed by atoms with Crippen LogP contribution in [0.25, 0.3) is 10.8 Å². The SMILES string of the molecule is Nc1c(Nc2ccc3c(c2)CCC3)ccc2cnccc12. The number of fused-ring (bicyclic) bond motifs is 2. The quantitative estimate of drug-likeness (QED) is 0.694. The molecular formula is C18H17N3. The fourth-order valence-electron chi connectivity index (χ4n) is 3.11. The highest BCUT2D eigenvalue weighted by molar-refractivity contribution is 5.99. The van der Waals surface area contributed by atoms with E-state index in [-0.39, 0.29) is 0 Å². The van der Waals surface area contributed by atoms with Crippen LogP contribution in [0.15, 0.2) is 48.8 Å². The van der Waals surface area contributed by atoms with Crippen molar-refractivity contribution in [2.24, 2.45) is 0 Å². The van der Waals surface area contributed by atoms with Gasteiger partial charge in [-0.25, -0.2) is 0 Å². The van der Waals surface area contributed by atoms with E-state index in [1.807, 2.05) is 24.4 Å². The fourth-order valence-corrected chi connectivity index (χ4v) is 3.11. The summed E-state index contributed by atoms with van der Waals surface area (Å²) in [6, 6.07) is 12.6. The topological polar surface area (TPSA) is 50.9 Å². The Morgan fingerprint density at radius 3 is 2.86 bits per heavy atom. The van der Waals surface area contributed by atoms with Crippen LogP contribution < -0.4 is 11.1 Å². The number of rotatable bonds is 2. The summed E-state index contributed by atoms with van der Waals surface area (Å²) in [5.41, 5.74) is 12.1. The van der Waals surface area contributed by atoms with Crippen molar-refractivity contribution < 1.29 is 0 Å². The smallest absolute Gasteiger partial charge is 0.0634 e. The van der Waals surface area contributed by atoms with Crippen LogP contribution >= 0.6 is 0 Å². The molecule has 0 atom stereocenters. The van der Waals surface area contributed by atoms with Gasteiger partial charge in [-0.3, -0.25) is 4.98 Å². The van der Waals surface area contributed by atoms with Crippen molar-refractivity contribution in [3.05, 3.63) is 59.9 Å². The normalized spacial score (nSPS) is 13.3. The predicted molar refractivity (Wildman–Crippen MR) is 87.9 cm³/mol. The predicted octanol–water partition coefficient (Wildman–Crippen LogP) is 4.05. The summed E-state index contributed by atoms with van der Waals surface area (Å²) < 4.78 is 0. The number of anilines is 3. The molecule has 1 aromatic heterocycles. The molecule has 21 heavy (non-hydrogen) atoms. The van der Waals surface area contributed by atoms with E-state index >= 15 is 0 Å². The van der Waals surface area contributed by atoms with Crippen molar-refractivity contribution in [3.63, 3.8) is 0 Å². The molecule has 0 amide bonds. The standard InChI is InChI=1S/C18H17N3/c19-18-16-8-9-20-11-14(16)5-7-17(18)21-15-6-4-12-2-1-3-13(12)10-15/h4-11,21H,1-3,19H2. The Labute approximate surface area is 123 Å². The molecule has 104 valence electrons. The van der Waals surface area contributed by atoms with Gasteiger partial charge in [-0.05, 0) is 54.7 Å². The molecule has 1 heterocycles. The lowest BCUT2D eigenvalue weighted by Gasteiger charge is -2.12. The van der Waals surface area contributed by atoms with Gasteiger partial charge in [0.1, 0.15) is 0 Å². The van der Waals surface area contributed by atoms with Crippen LogP contribution in [0.4, 0.5) is 17.1 Å². The summed E-state index contributed by atoms with van der Waals surface area (Å²) in [7, 11) is 0. The number of hydrogen-bond acceptors (Lipinski definition) is 3. The average Bonchev–Trinajstić information content (AvgIpc) is 2.98. The summed E-state index contributed by atoms with van der Waals surface area (Å²) in [5, 5.41) is 5.55. The molecule has 0 spiro atoms. The zero-order chi connectivity index (χ0) is 14.2. The first-order valence-electron chi connectivity index (χ1n) is 7.32. The minimum absolute atomic E-state index is 0.774. The molecule has 3 N–H and O–H groups in total. The Hall–Kier alpha value is -2.55. The van der Waals surface area contributed by atoms with E-state index < -0.39 is 0 Å². The molecule has 3 aromatic rings. The number of nitrogens with two attached hydrogens (primary N) is 1. The molecule has 1 aliphatic carbocycles. The molecule has 0 bridgehead atoms. The Bertz CT molecular complexity index is 824. The van der Waals surface area contributed by atoms with Crippen molar-refractivity contribution >= 4 is 27.8 Å². The van der Waals surface area contributed by atoms with Crippen LogP contribution in [0.5, 0.6) is 0 Å². The molecule has 0 saturated carbocycles. The number of hydrogen-bond donors (Lipinski definition) is 2. The van der Waals surface area contributed by atoms with Crippen molar-refractivity contribution in [1.29, 1.82) is 0 Å². The summed E-state index contributed by atoms with van der Waals surface area (Å²) in [4.78, 5) is 4.13. The maximum absolute atomic E-state index is 6.29. The van der Waals surface area contributed by atoms with E-state index in [0.29, 0.717) is 0 Å². The monoisotopic (exact) mass is 275 g/mol. The van der Waals surface area contributed by atoms with Gasteiger partial charge in [-0.2, -0.15) is 0 Å². The molecule has 3 heteroatoms. The molecule has 0 saturated heterocycles. The summed E-state index contributed by atoms with van der Waals surface area (Å²) in [5.74, 6) is 0. The van der Waals surface area contributed by atoms with Crippen molar-refractivity contribution in [2.75, 3.05) is 11.1 Å². The molecule has 3 nitrogen and oxygen atoms in total. The molecule has 0 aliphatic heterocycles. The highest BCUT2D eigenvalue weighted by Gasteiger charge is 2.11. The summed E-state index contributed by atoms with van der Waals surface area (Å²) >= 11 is 0. The summed E-state index contributed by atoms with van der Waals surface area (Å²) in [6.45, 7) is 0. The van der Waals surface area contributed by atoms with Crippen molar-refractivity contribution in [3.8, 4) is 0 Å². The zero-order valence-corrected chi connectivity index (χ0v) is 11.8. The van der Waals surface area contributed by atoms with Gasteiger partial charge in [0.05, 0.1) is 11.4 Å². The minimum Gasteiger partial charge on any atom is -0.397 e. The molecule has 2 aromatic carbocycles. The first-order valence-corrected chi connectivity index (χ1v) is 7.32. The molecule has 4 rings (SSSR count). The number of nitrogen functional groups attached to an aromatic ring is 1. The molecule has 0 radical (unpaired) electrons. The number of pyridine rings is 1. The highest BCUT2D eigenvalue weighted by atomic mass is 14.9. The largest absolute Gasteiger partial charge is 0.397 e. The van der Waals surface area contributed by atoms with E-state index in [4.69, 9.17) is 5.73 Å². The average molecular weight is 275 g/mol. The second-order valence-corrected chi connectivity index (χ2v) is 5.59. The maximum atomic E-state index is 6.29. The zero-order valence-electron chi connectivity index (χ0n) is 11.8. The van der Waals surface area contributed by atoms with Crippen LogP contribution in [0, 0.1) is 0 Å². The first-order chi connectivity index (χ1) is 10.3. The van der Waals surface area contributed by atoms with Gasteiger partial charge in [0.2, 0.25) is 0 Å². The Kier molecular flexibility index (Phi) is 2.78. The molecule has 0 fully saturated rings. The van der Waals surface area contributed by atoms with Gasteiger partial charge in [-0.15, -0.1) is 0 Å². The number of nitrogens with zero attached hydrogens (tertiary/aromatic N) is 1. The lowest BCUT2D eigenvalue weighted by atomic mass is 10.1. The Balaban J connectivity index is 1.72. The molecule has 1 aliphatic rings. The second-order valence-electron chi connectivity index (χ2n) is 5.59. The van der Waals surface area contributed by atoms with Crippen LogP contribution in [0.3, 0.4) is 0 Å². The van der Waals surface area contributed by atoms with E-state index in [1.165, 1.54) is 30.4 Å². The van der Waals surface area contributed by atoms with Crippen LogP contribution in [-0.4, -0.2) is 4.98 Å².